The number of ketones is 1. The number of carbonyl (C=O) groups is 2. The molecule has 8 heteroatoms. The van der Waals surface area contributed by atoms with Crippen molar-refractivity contribution < 1.29 is 23.5 Å². The molecule has 0 spiro atoms. The monoisotopic (exact) mass is 761 g/mol. The third kappa shape index (κ3) is 8.31. The summed E-state index contributed by atoms with van der Waals surface area (Å²) in [5.41, 5.74) is 3.81. The lowest BCUT2D eigenvalue weighted by atomic mass is 9.95. The maximum atomic E-state index is 13.8. The van der Waals surface area contributed by atoms with Crippen LogP contribution in [0.1, 0.15) is 82.8 Å². The van der Waals surface area contributed by atoms with Crippen molar-refractivity contribution in [2.24, 2.45) is 5.92 Å². The number of hydrogen-bond donors (Lipinski definition) is 0. The second kappa shape index (κ2) is 15.0. The molecule has 0 radical (unpaired) electrons. The maximum Gasteiger partial charge on any atom is 0.313 e. The van der Waals surface area contributed by atoms with Crippen LogP contribution in [0.25, 0.3) is 11.1 Å². The van der Waals surface area contributed by atoms with Crippen molar-refractivity contribution >= 4 is 68.1 Å². The molecule has 214 valence electrons. The molecule has 0 aromatic carbocycles. The summed E-state index contributed by atoms with van der Waals surface area (Å²) in [6, 6.07) is 0. The molecule has 1 atom stereocenters. The molecule has 4 rings (SSSR count). The number of likely N-dealkylation sites (N-methyl/N-ethyl adjacent to an activating group) is 1. The summed E-state index contributed by atoms with van der Waals surface area (Å²) in [6.07, 6.45) is 7.95. The van der Waals surface area contributed by atoms with E-state index >= 15 is 0 Å². The van der Waals surface area contributed by atoms with Gasteiger partial charge in [-0.15, -0.1) is 0 Å². The fourth-order valence-electron chi connectivity index (χ4n) is 4.91. The van der Waals surface area contributed by atoms with Crippen molar-refractivity contribution in [1.82, 2.24) is 4.90 Å². The summed E-state index contributed by atoms with van der Waals surface area (Å²) in [5, 5.41) is 0.913. The summed E-state index contributed by atoms with van der Waals surface area (Å²) in [6.45, 7) is 17.5. The summed E-state index contributed by atoms with van der Waals surface area (Å²) < 4.78 is 19.6. The van der Waals surface area contributed by atoms with Crippen LogP contribution in [0.15, 0.2) is 36.1 Å². The Morgan fingerprint density at radius 2 is 1.72 bits per heavy atom. The van der Waals surface area contributed by atoms with Crippen molar-refractivity contribution in [3.63, 3.8) is 0 Å². The van der Waals surface area contributed by atoms with Crippen molar-refractivity contribution in [3.05, 3.63) is 53.6 Å². The van der Waals surface area contributed by atoms with Gasteiger partial charge >= 0.3 is 5.97 Å². The van der Waals surface area contributed by atoms with E-state index in [0.717, 1.165) is 69.5 Å². The molecule has 3 aliphatic rings. The number of ether oxygens (including phenoxy) is 2. The summed E-state index contributed by atoms with van der Waals surface area (Å²) in [5.74, 6) is 0.741. The Morgan fingerprint density at radius 1 is 1.05 bits per heavy atom. The Labute approximate surface area is 259 Å². The number of esters is 1. The SMILES string of the molecule is C=C(I)/C(OCCN(CC)CC)=C(I)\C=C\C(=O)c1c(CC(=O)O[C@H](C)C(C)C)oc2c1=C1CCCC=2CC1. The standard InChI is InChI=1S/C31H41I2NO5/c1-7-34(8-2)16-17-37-30(20(5)32)24(33)14-15-25(35)29-26(18-27(36)38-21(6)19(3)4)39-31-23-11-9-10-22(12-13-23)28(29)31/h14-15,19,21H,5,7-13,16-18H2,1-4,6H3/b15-14+,30-24-/t21-/m1/s1. The first-order chi connectivity index (χ1) is 18.6. The van der Waals surface area contributed by atoms with E-state index in [9.17, 15) is 9.59 Å². The molecule has 0 saturated heterocycles. The van der Waals surface area contributed by atoms with E-state index in [1.807, 2.05) is 20.8 Å². The zero-order valence-electron chi connectivity index (χ0n) is 23.8. The molecule has 0 aliphatic heterocycles. The highest BCUT2D eigenvalue weighted by atomic mass is 127. The Kier molecular flexibility index (Phi) is 12.4. The number of hydrogen-bond acceptors (Lipinski definition) is 6. The fourth-order valence-corrected chi connectivity index (χ4v) is 6.53. The van der Waals surface area contributed by atoms with Crippen LogP contribution in [-0.4, -0.2) is 49.0 Å². The number of halogens is 2. The number of carbonyl (C=O) groups excluding carboxylic acids is 2. The first-order valence-electron chi connectivity index (χ1n) is 13.9. The van der Waals surface area contributed by atoms with Gasteiger partial charge in [0.2, 0.25) is 0 Å². The quantitative estimate of drug-likeness (QED) is 0.0548. The second-order valence-corrected chi connectivity index (χ2v) is 12.9. The van der Waals surface area contributed by atoms with Gasteiger partial charge in [0.1, 0.15) is 36.1 Å². The summed E-state index contributed by atoms with van der Waals surface area (Å²) in [7, 11) is 0. The molecule has 0 unspecified atom stereocenters. The van der Waals surface area contributed by atoms with Gasteiger partial charge in [-0.2, -0.15) is 0 Å². The number of rotatable bonds is 14. The molecule has 3 aliphatic carbocycles. The Balaban J connectivity index is 1.94. The minimum Gasteiger partial charge on any atom is -0.490 e. The molecule has 1 aromatic heterocycles. The van der Waals surface area contributed by atoms with Crippen molar-refractivity contribution in [2.75, 3.05) is 26.2 Å². The van der Waals surface area contributed by atoms with Crippen LogP contribution >= 0.6 is 45.2 Å². The smallest absolute Gasteiger partial charge is 0.313 e. The van der Waals surface area contributed by atoms with Crippen LogP contribution in [0.2, 0.25) is 0 Å². The van der Waals surface area contributed by atoms with Crippen molar-refractivity contribution in [1.29, 1.82) is 0 Å². The normalized spacial score (nSPS) is 16.4. The van der Waals surface area contributed by atoms with E-state index in [0.29, 0.717) is 23.7 Å². The maximum absolute atomic E-state index is 13.8. The van der Waals surface area contributed by atoms with E-state index in [4.69, 9.17) is 13.9 Å². The van der Waals surface area contributed by atoms with E-state index in [2.05, 4.69) is 70.5 Å². The minimum absolute atomic E-state index is 0.0588. The van der Waals surface area contributed by atoms with Gasteiger partial charge in [-0.1, -0.05) is 39.8 Å². The number of fused-ring (bicyclic) bond motifs is 3. The highest BCUT2D eigenvalue weighted by Gasteiger charge is 2.28. The Hall–Kier alpha value is -1.40. The third-order valence-electron chi connectivity index (χ3n) is 7.54. The highest BCUT2D eigenvalue weighted by Crippen LogP contribution is 2.30. The molecular weight excluding hydrogens is 720 g/mol. The second-order valence-electron chi connectivity index (χ2n) is 10.4. The van der Waals surface area contributed by atoms with E-state index in [1.165, 1.54) is 11.1 Å². The predicted molar refractivity (Wildman–Crippen MR) is 173 cm³/mol. The van der Waals surface area contributed by atoms with Gasteiger partial charge in [0.15, 0.2) is 5.78 Å². The molecule has 39 heavy (non-hydrogen) atoms. The molecule has 2 bridgehead atoms. The van der Waals surface area contributed by atoms with Crippen LogP contribution < -0.4 is 10.6 Å². The molecule has 1 saturated carbocycles. The van der Waals surface area contributed by atoms with Gasteiger partial charge < -0.3 is 18.8 Å². The molecule has 1 aromatic rings. The topological polar surface area (TPSA) is 69.0 Å². The van der Waals surface area contributed by atoms with Crippen molar-refractivity contribution in [2.45, 2.75) is 79.2 Å². The van der Waals surface area contributed by atoms with Crippen molar-refractivity contribution in [3.8, 4) is 0 Å². The average molecular weight is 761 g/mol. The molecule has 0 amide bonds. The molecule has 1 heterocycles. The largest absolute Gasteiger partial charge is 0.490 e. The van der Waals surface area contributed by atoms with Gasteiger partial charge in [0, 0.05) is 15.3 Å². The Morgan fingerprint density at radius 3 is 2.36 bits per heavy atom. The first kappa shape index (κ1) is 32.1. The minimum atomic E-state index is -0.375. The van der Waals surface area contributed by atoms with Crippen LogP contribution in [-0.2, 0) is 20.7 Å². The lowest BCUT2D eigenvalue weighted by Gasteiger charge is -2.19. The number of nitrogens with zero attached hydrogens (tertiary/aromatic N) is 1. The fraction of sp³-hybridized carbons (Fsp3) is 0.548. The third-order valence-corrected chi connectivity index (χ3v) is 8.88. The van der Waals surface area contributed by atoms with Crippen LogP contribution in [0.5, 0.6) is 0 Å². The van der Waals surface area contributed by atoms with Crippen LogP contribution in [0.3, 0.4) is 0 Å². The van der Waals surface area contributed by atoms with Gasteiger partial charge in [0.25, 0.3) is 0 Å². The summed E-state index contributed by atoms with van der Waals surface area (Å²) >= 11 is 4.34. The van der Waals surface area contributed by atoms with Gasteiger partial charge in [-0.3, -0.25) is 9.59 Å². The lowest BCUT2D eigenvalue weighted by molar-refractivity contribution is -0.149. The predicted octanol–water partition coefficient (Wildman–Crippen LogP) is 6.38. The molecular formula is C31H41I2NO5. The molecule has 0 N–H and O–H groups in total. The van der Waals surface area contributed by atoms with E-state index < -0.39 is 0 Å². The number of furan rings is 1. The zero-order valence-corrected chi connectivity index (χ0v) is 28.1. The van der Waals surface area contributed by atoms with E-state index in [1.54, 1.807) is 12.2 Å². The average Bonchev–Trinajstić information content (AvgIpc) is 3.01. The van der Waals surface area contributed by atoms with Gasteiger partial charge in [-0.05, 0) is 121 Å². The lowest BCUT2D eigenvalue weighted by Crippen LogP contribution is -2.31. The summed E-state index contributed by atoms with van der Waals surface area (Å²) in [4.78, 5) is 28.9. The van der Waals surface area contributed by atoms with Gasteiger partial charge in [0.05, 0.1) is 9.14 Å². The van der Waals surface area contributed by atoms with Crippen LogP contribution in [0, 0.1) is 5.92 Å². The molecule has 6 nitrogen and oxygen atoms in total. The first-order valence-corrected chi connectivity index (χ1v) is 16.1. The Bertz CT molecular complexity index is 1270. The highest BCUT2D eigenvalue weighted by molar-refractivity contribution is 14.1. The molecule has 1 fully saturated rings. The van der Waals surface area contributed by atoms with E-state index in [-0.39, 0.29) is 30.2 Å². The van der Waals surface area contributed by atoms with Gasteiger partial charge in [-0.25, -0.2) is 0 Å². The number of allylic oxidation sites excluding steroid dienone is 4. The van der Waals surface area contributed by atoms with Crippen LogP contribution in [0.4, 0.5) is 0 Å². The zero-order chi connectivity index (χ0) is 28.7.